The fourth-order valence-corrected chi connectivity index (χ4v) is 2.14. The third-order valence-corrected chi connectivity index (χ3v) is 3.23. The molecule has 0 aliphatic rings. The van der Waals surface area contributed by atoms with Gasteiger partial charge in [-0.3, -0.25) is 0 Å². The summed E-state index contributed by atoms with van der Waals surface area (Å²) in [5.41, 5.74) is 3.00. The first-order valence-corrected chi connectivity index (χ1v) is 7.44. The van der Waals surface area contributed by atoms with Crippen LogP contribution in [0, 0.1) is 6.07 Å². The second-order valence-corrected chi connectivity index (χ2v) is 5.88. The first-order valence-electron chi connectivity index (χ1n) is 5.55. The molecule has 0 fully saturated rings. The van der Waals surface area contributed by atoms with Gasteiger partial charge in [0.25, 0.3) is 0 Å². The van der Waals surface area contributed by atoms with Crippen molar-refractivity contribution in [3.63, 3.8) is 0 Å². The van der Waals surface area contributed by atoms with Gasteiger partial charge in [-0.25, -0.2) is 13.1 Å². The van der Waals surface area contributed by atoms with Crippen molar-refractivity contribution in [3.8, 4) is 11.1 Å². The van der Waals surface area contributed by atoms with Gasteiger partial charge in [-0.1, -0.05) is 42.5 Å². The van der Waals surface area contributed by atoms with E-state index in [2.05, 4.69) is 10.8 Å². The summed E-state index contributed by atoms with van der Waals surface area (Å²) in [6.07, 6.45) is 1.15. The van der Waals surface area contributed by atoms with Gasteiger partial charge in [-0.05, 0) is 28.8 Å². The standard InChI is InChI=1S/C14H14NO2S/c1-18(16,17)15-11-13-9-5-6-10-14(13)12-7-3-2-4-8-12/h2-4,6-10,15H,11H2,1H3. The Balaban J connectivity index is 2.32. The molecule has 0 saturated heterocycles. The lowest BCUT2D eigenvalue weighted by molar-refractivity contribution is 0.587. The molecule has 18 heavy (non-hydrogen) atoms. The largest absolute Gasteiger partial charge is 0.213 e. The summed E-state index contributed by atoms with van der Waals surface area (Å²) in [6.45, 7) is 0.278. The predicted molar refractivity (Wildman–Crippen MR) is 72.4 cm³/mol. The van der Waals surface area contributed by atoms with E-state index in [1.165, 1.54) is 0 Å². The molecule has 0 aromatic heterocycles. The van der Waals surface area contributed by atoms with Gasteiger partial charge in [-0.2, -0.15) is 0 Å². The highest BCUT2D eigenvalue weighted by atomic mass is 32.2. The third kappa shape index (κ3) is 3.42. The van der Waals surface area contributed by atoms with Gasteiger partial charge in [0.05, 0.1) is 6.26 Å². The van der Waals surface area contributed by atoms with Crippen LogP contribution in [0.25, 0.3) is 11.1 Å². The maximum absolute atomic E-state index is 11.1. The van der Waals surface area contributed by atoms with Gasteiger partial charge in [-0.15, -0.1) is 0 Å². The summed E-state index contributed by atoms with van der Waals surface area (Å²) in [4.78, 5) is 0. The molecule has 0 unspecified atom stereocenters. The molecule has 0 aliphatic heterocycles. The zero-order valence-corrected chi connectivity index (χ0v) is 10.9. The third-order valence-electron chi connectivity index (χ3n) is 2.56. The minimum Gasteiger partial charge on any atom is -0.213 e. The van der Waals surface area contributed by atoms with Crippen LogP contribution in [0.4, 0.5) is 0 Å². The average molecular weight is 260 g/mol. The maximum atomic E-state index is 11.1. The van der Waals surface area contributed by atoms with Crippen molar-refractivity contribution in [1.82, 2.24) is 4.72 Å². The first-order chi connectivity index (χ1) is 8.56. The minimum absolute atomic E-state index is 0.278. The van der Waals surface area contributed by atoms with E-state index in [1.54, 1.807) is 6.07 Å². The van der Waals surface area contributed by atoms with Gasteiger partial charge in [0.1, 0.15) is 0 Å². The van der Waals surface area contributed by atoms with E-state index in [9.17, 15) is 8.42 Å². The van der Waals surface area contributed by atoms with Crippen LogP contribution in [0.15, 0.2) is 48.5 Å². The molecule has 0 spiro atoms. The van der Waals surface area contributed by atoms with Crippen LogP contribution < -0.4 is 4.72 Å². The molecular weight excluding hydrogens is 246 g/mol. The van der Waals surface area contributed by atoms with Crippen LogP contribution in [-0.2, 0) is 16.6 Å². The van der Waals surface area contributed by atoms with Gasteiger partial charge >= 0.3 is 0 Å². The summed E-state index contributed by atoms with van der Waals surface area (Å²) in [6, 6.07) is 18.4. The number of nitrogens with one attached hydrogen (secondary N) is 1. The molecule has 3 nitrogen and oxygen atoms in total. The number of rotatable bonds is 4. The summed E-state index contributed by atoms with van der Waals surface area (Å²) >= 11 is 0. The van der Waals surface area contributed by atoms with E-state index in [0.29, 0.717) is 0 Å². The molecule has 2 aromatic rings. The van der Waals surface area contributed by atoms with E-state index in [4.69, 9.17) is 0 Å². The Morgan fingerprint density at radius 3 is 2.56 bits per heavy atom. The van der Waals surface area contributed by atoms with Crippen LogP contribution in [0.5, 0.6) is 0 Å². The van der Waals surface area contributed by atoms with Crippen LogP contribution in [0.1, 0.15) is 5.56 Å². The van der Waals surface area contributed by atoms with Crippen molar-refractivity contribution in [3.05, 3.63) is 60.2 Å². The van der Waals surface area contributed by atoms with E-state index in [1.807, 2.05) is 42.5 Å². The van der Waals surface area contributed by atoms with E-state index in [0.717, 1.165) is 22.9 Å². The van der Waals surface area contributed by atoms with Crippen molar-refractivity contribution in [2.45, 2.75) is 6.54 Å². The fraction of sp³-hybridized carbons (Fsp3) is 0.143. The van der Waals surface area contributed by atoms with Crippen molar-refractivity contribution in [1.29, 1.82) is 0 Å². The lowest BCUT2D eigenvalue weighted by atomic mass is 10.00. The zero-order chi connectivity index (χ0) is 13.0. The minimum atomic E-state index is -3.19. The van der Waals surface area contributed by atoms with E-state index in [-0.39, 0.29) is 6.54 Å². The van der Waals surface area contributed by atoms with Crippen molar-refractivity contribution in [2.75, 3.05) is 6.26 Å². The molecule has 0 atom stereocenters. The van der Waals surface area contributed by atoms with Crippen LogP contribution in [0.2, 0.25) is 0 Å². The Kier molecular flexibility index (Phi) is 3.79. The van der Waals surface area contributed by atoms with E-state index >= 15 is 0 Å². The number of hydrogen-bond acceptors (Lipinski definition) is 2. The monoisotopic (exact) mass is 260 g/mol. The second-order valence-electron chi connectivity index (χ2n) is 4.04. The Hall–Kier alpha value is -1.65. The molecule has 0 amide bonds. The second kappa shape index (κ2) is 5.33. The SMILES string of the molecule is CS(=O)(=O)NCc1c[c]ccc1-c1ccccc1. The van der Waals surface area contributed by atoms with Gasteiger partial charge < -0.3 is 0 Å². The fourth-order valence-electron chi connectivity index (χ4n) is 1.72. The van der Waals surface area contributed by atoms with Crippen LogP contribution in [-0.4, -0.2) is 14.7 Å². The molecular formula is C14H14NO2S. The number of hydrogen-bond donors (Lipinski definition) is 1. The maximum Gasteiger partial charge on any atom is 0.209 e. The van der Waals surface area contributed by atoms with Gasteiger partial charge in [0.2, 0.25) is 10.0 Å². The Morgan fingerprint density at radius 1 is 1.17 bits per heavy atom. The molecule has 4 heteroatoms. The molecule has 2 aromatic carbocycles. The zero-order valence-electron chi connectivity index (χ0n) is 10.1. The normalized spacial score (nSPS) is 11.4. The molecule has 0 aliphatic carbocycles. The topological polar surface area (TPSA) is 46.2 Å². The number of benzene rings is 2. The highest BCUT2D eigenvalue weighted by molar-refractivity contribution is 7.88. The quantitative estimate of drug-likeness (QED) is 0.916. The molecule has 0 saturated carbocycles. The lowest BCUT2D eigenvalue weighted by Gasteiger charge is -2.09. The Bertz CT molecular complexity index is 621. The Morgan fingerprint density at radius 2 is 1.89 bits per heavy atom. The summed E-state index contributed by atoms with van der Waals surface area (Å²) in [5.74, 6) is 0. The predicted octanol–water partition coefficient (Wildman–Crippen LogP) is 2.20. The molecule has 2 rings (SSSR count). The highest BCUT2D eigenvalue weighted by Gasteiger charge is 2.06. The highest BCUT2D eigenvalue weighted by Crippen LogP contribution is 2.23. The molecule has 1 radical (unpaired) electrons. The van der Waals surface area contributed by atoms with Gasteiger partial charge in [0.15, 0.2) is 0 Å². The summed E-state index contributed by atoms with van der Waals surface area (Å²) < 4.78 is 24.8. The van der Waals surface area contributed by atoms with Crippen molar-refractivity contribution < 1.29 is 8.42 Å². The molecule has 0 heterocycles. The summed E-state index contributed by atoms with van der Waals surface area (Å²) in [5, 5.41) is 0. The smallest absolute Gasteiger partial charge is 0.209 e. The van der Waals surface area contributed by atoms with Crippen LogP contribution in [0.3, 0.4) is 0 Å². The Labute approximate surface area is 108 Å². The summed E-state index contributed by atoms with van der Waals surface area (Å²) in [7, 11) is -3.19. The van der Waals surface area contributed by atoms with E-state index < -0.39 is 10.0 Å². The number of sulfonamides is 1. The van der Waals surface area contributed by atoms with Crippen molar-refractivity contribution >= 4 is 10.0 Å². The first kappa shape index (κ1) is 12.8. The van der Waals surface area contributed by atoms with Crippen LogP contribution >= 0.6 is 0 Å². The lowest BCUT2D eigenvalue weighted by Crippen LogP contribution is -2.21. The van der Waals surface area contributed by atoms with Crippen molar-refractivity contribution in [2.24, 2.45) is 0 Å². The molecule has 1 N–H and O–H groups in total. The molecule has 0 bridgehead atoms. The molecule has 93 valence electrons. The van der Waals surface area contributed by atoms with Gasteiger partial charge in [0, 0.05) is 6.54 Å². The average Bonchev–Trinajstić information content (AvgIpc) is 2.37.